The first-order valence-electron chi connectivity index (χ1n) is 6.11. The van der Waals surface area contributed by atoms with Crippen LogP contribution in [-0.4, -0.2) is 15.9 Å². The molecule has 3 aromatic rings. The molecule has 0 aliphatic heterocycles. The molecule has 0 fully saturated rings. The van der Waals surface area contributed by atoms with E-state index in [0.29, 0.717) is 17.1 Å². The number of carbonyl (C=O) groups excluding carboxylic acids is 1. The van der Waals surface area contributed by atoms with Crippen LogP contribution in [0, 0.1) is 0 Å². The highest BCUT2D eigenvalue weighted by Gasteiger charge is 2.07. The number of amides is 1. The van der Waals surface area contributed by atoms with Gasteiger partial charge in [-0.2, -0.15) is 0 Å². The molecule has 3 N–H and O–H groups in total. The van der Waals surface area contributed by atoms with Crippen LogP contribution in [0.3, 0.4) is 0 Å². The number of hydrogen-bond acceptors (Lipinski definition) is 4. The summed E-state index contributed by atoms with van der Waals surface area (Å²) in [5, 5.41) is 4.11. The van der Waals surface area contributed by atoms with Crippen LogP contribution in [0.4, 0.5) is 11.5 Å². The molecule has 2 aromatic heterocycles. The number of fused-ring (bicyclic) bond motifs is 1. The smallest absolute Gasteiger partial charge is 0.250 e. The summed E-state index contributed by atoms with van der Waals surface area (Å²) in [4.78, 5) is 19.9. The van der Waals surface area contributed by atoms with Gasteiger partial charge >= 0.3 is 0 Å². The third-order valence-electron chi connectivity index (χ3n) is 2.95. The molecule has 0 aliphatic carbocycles. The molecule has 5 heteroatoms. The average molecular weight is 264 g/mol. The Kier molecular flexibility index (Phi) is 3.01. The van der Waals surface area contributed by atoms with Crippen LogP contribution in [0.1, 0.15) is 10.4 Å². The van der Waals surface area contributed by atoms with Gasteiger partial charge in [0.25, 0.3) is 5.91 Å². The lowest BCUT2D eigenvalue weighted by Crippen LogP contribution is -2.13. The minimum absolute atomic E-state index is 0.431. The number of rotatable bonds is 3. The maximum Gasteiger partial charge on any atom is 0.250 e. The van der Waals surface area contributed by atoms with Gasteiger partial charge < -0.3 is 11.1 Å². The van der Waals surface area contributed by atoms with Crippen molar-refractivity contribution in [3.8, 4) is 0 Å². The van der Waals surface area contributed by atoms with Crippen molar-refractivity contribution in [1.29, 1.82) is 0 Å². The highest BCUT2D eigenvalue weighted by molar-refractivity contribution is 5.99. The number of primary amides is 1. The molecule has 20 heavy (non-hydrogen) atoms. The van der Waals surface area contributed by atoms with Crippen molar-refractivity contribution in [2.45, 2.75) is 0 Å². The van der Waals surface area contributed by atoms with E-state index in [4.69, 9.17) is 5.73 Å². The molecule has 0 radical (unpaired) electrons. The molecule has 3 rings (SSSR count). The number of nitrogens with one attached hydrogen (secondary N) is 1. The first-order chi connectivity index (χ1) is 9.74. The summed E-state index contributed by atoms with van der Waals surface area (Å²) in [5.74, 6) is 0.162. The van der Waals surface area contributed by atoms with Crippen LogP contribution in [0.15, 0.2) is 54.9 Å². The van der Waals surface area contributed by atoms with Gasteiger partial charge in [0, 0.05) is 11.6 Å². The van der Waals surface area contributed by atoms with Gasteiger partial charge in [-0.05, 0) is 30.3 Å². The average Bonchev–Trinajstić information content (AvgIpc) is 2.47. The SMILES string of the molecule is NC(=O)c1ccccc1Nc1ccc2ccncc2n1. The van der Waals surface area contributed by atoms with Gasteiger partial charge in [-0.1, -0.05) is 12.1 Å². The van der Waals surface area contributed by atoms with Gasteiger partial charge in [0.15, 0.2) is 0 Å². The van der Waals surface area contributed by atoms with E-state index >= 15 is 0 Å². The first-order valence-corrected chi connectivity index (χ1v) is 6.11. The highest BCUT2D eigenvalue weighted by Crippen LogP contribution is 2.21. The van der Waals surface area contributed by atoms with Crippen LogP contribution in [0.2, 0.25) is 0 Å². The quantitative estimate of drug-likeness (QED) is 0.761. The Morgan fingerprint density at radius 2 is 1.95 bits per heavy atom. The first kappa shape index (κ1) is 12.1. The Balaban J connectivity index is 1.99. The topological polar surface area (TPSA) is 80.9 Å². The maximum absolute atomic E-state index is 11.4. The zero-order valence-electron chi connectivity index (χ0n) is 10.6. The van der Waals surface area contributed by atoms with Gasteiger partial charge in [-0.15, -0.1) is 0 Å². The van der Waals surface area contributed by atoms with Crippen LogP contribution < -0.4 is 11.1 Å². The van der Waals surface area contributed by atoms with E-state index in [0.717, 1.165) is 10.9 Å². The summed E-state index contributed by atoms with van der Waals surface area (Å²) in [7, 11) is 0. The van der Waals surface area contributed by atoms with Crippen molar-refractivity contribution >= 4 is 28.3 Å². The third-order valence-corrected chi connectivity index (χ3v) is 2.95. The van der Waals surface area contributed by atoms with Gasteiger partial charge in [-0.25, -0.2) is 4.98 Å². The minimum atomic E-state index is -0.476. The second-order valence-electron chi connectivity index (χ2n) is 4.30. The van der Waals surface area contributed by atoms with E-state index in [1.165, 1.54) is 0 Å². The van der Waals surface area contributed by atoms with E-state index in [9.17, 15) is 4.79 Å². The summed E-state index contributed by atoms with van der Waals surface area (Å²) < 4.78 is 0. The zero-order chi connectivity index (χ0) is 13.9. The summed E-state index contributed by atoms with van der Waals surface area (Å²) in [5.41, 5.74) is 7.20. The number of para-hydroxylation sites is 1. The zero-order valence-corrected chi connectivity index (χ0v) is 10.6. The molecule has 0 unspecified atom stereocenters. The summed E-state index contributed by atoms with van der Waals surface area (Å²) in [6.07, 6.45) is 3.42. The van der Waals surface area contributed by atoms with E-state index < -0.39 is 5.91 Å². The number of nitrogens with two attached hydrogens (primary N) is 1. The number of carbonyl (C=O) groups is 1. The molecule has 0 saturated heterocycles. The fraction of sp³-hybridized carbons (Fsp3) is 0. The number of nitrogens with zero attached hydrogens (tertiary/aromatic N) is 2. The number of pyridine rings is 2. The number of hydrogen-bond donors (Lipinski definition) is 2. The number of aromatic nitrogens is 2. The second kappa shape index (κ2) is 4.97. The van der Waals surface area contributed by atoms with E-state index in [1.807, 2.05) is 24.3 Å². The van der Waals surface area contributed by atoms with Gasteiger partial charge in [0.2, 0.25) is 0 Å². The molecular weight excluding hydrogens is 252 g/mol. The monoisotopic (exact) mass is 264 g/mol. The van der Waals surface area contributed by atoms with Crippen LogP contribution in [-0.2, 0) is 0 Å². The van der Waals surface area contributed by atoms with Crippen LogP contribution in [0.25, 0.3) is 10.9 Å². The Labute approximate surface area is 115 Å². The van der Waals surface area contributed by atoms with E-state index in [2.05, 4.69) is 15.3 Å². The van der Waals surface area contributed by atoms with Crippen molar-refractivity contribution in [3.05, 3.63) is 60.4 Å². The van der Waals surface area contributed by atoms with Crippen LogP contribution >= 0.6 is 0 Å². The fourth-order valence-corrected chi connectivity index (χ4v) is 1.98. The molecule has 1 amide bonds. The Bertz CT molecular complexity index is 785. The lowest BCUT2D eigenvalue weighted by atomic mass is 10.1. The normalized spacial score (nSPS) is 10.4. The second-order valence-corrected chi connectivity index (χ2v) is 4.30. The summed E-state index contributed by atoms with van der Waals surface area (Å²) in [6, 6.07) is 12.7. The molecule has 0 atom stereocenters. The maximum atomic E-state index is 11.4. The third kappa shape index (κ3) is 2.29. The predicted molar refractivity (Wildman–Crippen MR) is 77.8 cm³/mol. The predicted octanol–water partition coefficient (Wildman–Crippen LogP) is 2.47. The summed E-state index contributed by atoms with van der Waals surface area (Å²) in [6.45, 7) is 0. The minimum Gasteiger partial charge on any atom is -0.366 e. The van der Waals surface area contributed by atoms with Crippen LogP contribution in [0.5, 0.6) is 0 Å². The van der Waals surface area contributed by atoms with Crippen molar-refractivity contribution in [2.75, 3.05) is 5.32 Å². The van der Waals surface area contributed by atoms with Gasteiger partial charge in [-0.3, -0.25) is 9.78 Å². The lowest BCUT2D eigenvalue weighted by Gasteiger charge is -2.09. The molecule has 98 valence electrons. The molecule has 0 aliphatic rings. The molecule has 1 aromatic carbocycles. The van der Waals surface area contributed by atoms with Crippen molar-refractivity contribution in [2.24, 2.45) is 5.73 Å². The summed E-state index contributed by atoms with van der Waals surface area (Å²) >= 11 is 0. The van der Waals surface area contributed by atoms with Crippen molar-refractivity contribution < 1.29 is 4.79 Å². The molecule has 0 spiro atoms. The molecule has 5 nitrogen and oxygen atoms in total. The fourth-order valence-electron chi connectivity index (χ4n) is 1.98. The molecule has 2 heterocycles. The molecule has 0 bridgehead atoms. The van der Waals surface area contributed by atoms with E-state index in [1.54, 1.807) is 30.6 Å². The molecular formula is C15H12N4O. The largest absolute Gasteiger partial charge is 0.366 e. The Hall–Kier alpha value is -2.95. The standard InChI is InChI=1S/C15H12N4O/c16-15(20)11-3-1-2-4-12(11)18-14-6-5-10-7-8-17-9-13(10)19-14/h1-9H,(H2,16,20)(H,18,19). The van der Waals surface area contributed by atoms with Crippen molar-refractivity contribution in [1.82, 2.24) is 9.97 Å². The van der Waals surface area contributed by atoms with E-state index in [-0.39, 0.29) is 0 Å². The van der Waals surface area contributed by atoms with Gasteiger partial charge in [0.05, 0.1) is 23.0 Å². The van der Waals surface area contributed by atoms with Gasteiger partial charge in [0.1, 0.15) is 5.82 Å². The van der Waals surface area contributed by atoms with Crippen molar-refractivity contribution in [3.63, 3.8) is 0 Å². The Morgan fingerprint density at radius 1 is 1.10 bits per heavy atom. The highest BCUT2D eigenvalue weighted by atomic mass is 16.1. The lowest BCUT2D eigenvalue weighted by molar-refractivity contribution is 0.100. The molecule has 0 saturated carbocycles. The number of anilines is 2. The Morgan fingerprint density at radius 3 is 2.80 bits per heavy atom. The number of benzene rings is 1.